The van der Waals surface area contributed by atoms with Gasteiger partial charge in [-0.1, -0.05) is 12.1 Å². The van der Waals surface area contributed by atoms with E-state index in [4.69, 9.17) is 0 Å². The fraction of sp³-hybridized carbons (Fsp3) is 0.0769. The number of anilines is 1. The van der Waals surface area contributed by atoms with Gasteiger partial charge in [0.1, 0.15) is 6.54 Å². The van der Waals surface area contributed by atoms with Crippen LogP contribution in [-0.4, -0.2) is 25.7 Å². The first-order valence-corrected chi connectivity index (χ1v) is 6.16. The molecule has 0 saturated heterocycles. The summed E-state index contributed by atoms with van der Waals surface area (Å²) in [6.07, 6.45) is 1.27. The van der Waals surface area contributed by atoms with Crippen molar-refractivity contribution in [1.82, 2.24) is 19.7 Å². The Morgan fingerprint density at radius 1 is 1.24 bits per heavy atom. The van der Waals surface area contributed by atoms with Crippen LogP contribution >= 0.6 is 0 Å². The molecule has 3 rings (SSSR count). The molecule has 1 aromatic carbocycles. The number of amides is 1. The summed E-state index contributed by atoms with van der Waals surface area (Å²) < 4.78 is 1.10. The molecule has 3 N–H and O–H groups in total. The number of aromatic amines is 2. The van der Waals surface area contributed by atoms with Gasteiger partial charge in [-0.05, 0) is 12.1 Å². The molecular formula is C13H11N5O3. The SMILES string of the molecule is O=C(Cn1ccc(=O)[nH]c1=O)Nc1n[nH]c2ccccc12. The van der Waals surface area contributed by atoms with Gasteiger partial charge in [-0.15, -0.1) is 0 Å². The van der Waals surface area contributed by atoms with Crippen molar-refractivity contribution in [3.8, 4) is 0 Å². The average Bonchev–Trinajstić information content (AvgIpc) is 2.85. The number of rotatable bonds is 3. The molecule has 0 unspecified atom stereocenters. The van der Waals surface area contributed by atoms with Crippen LogP contribution in [0.2, 0.25) is 0 Å². The molecule has 0 saturated carbocycles. The molecule has 0 aliphatic carbocycles. The smallest absolute Gasteiger partial charge is 0.307 e. The first-order valence-electron chi connectivity index (χ1n) is 6.16. The van der Waals surface area contributed by atoms with Crippen molar-refractivity contribution in [3.05, 3.63) is 57.4 Å². The maximum Gasteiger partial charge on any atom is 0.328 e. The molecule has 0 radical (unpaired) electrons. The second-order valence-electron chi connectivity index (χ2n) is 4.40. The van der Waals surface area contributed by atoms with E-state index in [1.54, 1.807) is 0 Å². The number of carbonyl (C=O) groups excluding carboxylic acids is 1. The minimum atomic E-state index is -0.635. The highest BCUT2D eigenvalue weighted by molar-refractivity contribution is 5.99. The van der Waals surface area contributed by atoms with Crippen LogP contribution in [0.3, 0.4) is 0 Å². The van der Waals surface area contributed by atoms with E-state index in [0.717, 1.165) is 15.5 Å². The number of fused-ring (bicyclic) bond motifs is 1. The summed E-state index contributed by atoms with van der Waals surface area (Å²) in [5, 5.41) is 10.2. The lowest BCUT2D eigenvalue weighted by molar-refractivity contribution is -0.116. The molecule has 0 bridgehead atoms. The summed E-state index contributed by atoms with van der Waals surface area (Å²) in [5.41, 5.74) is -0.339. The topological polar surface area (TPSA) is 113 Å². The molecule has 106 valence electrons. The predicted molar refractivity (Wildman–Crippen MR) is 76.0 cm³/mol. The molecule has 2 heterocycles. The number of carbonyl (C=O) groups is 1. The number of para-hydroxylation sites is 1. The van der Waals surface area contributed by atoms with E-state index in [2.05, 4.69) is 20.5 Å². The van der Waals surface area contributed by atoms with E-state index in [0.29, 0.717) is 5.82 Å². The molecule has 0 aliphatic rings. The standard InChI is InChI=1S/C13H11N5O3/c19-10-5-6-18(13(21)15-10)7-11(20)14-12-8-3-1-2-4-9(8)16-17-12/h1-6H,7H2,(H,15,19,21)(H2,14,16,17,20). The molecule has 1 amide bonds. The Kier molecular flexibility index (Phi) is 3.11. The Balaban J connectivity index is 1.80. The highest BCUT2D eigenvalue weighted by atomic mass is 16.2. The summed E-state index contributed by atoms with van der Waals surface area (Å²) in [7, 11) is 0. The highest BCUT2D eigenvalue weighted by Crippen LogP contribution is 2.19. The minimum Gasteiger partial charge on any atom is -0.307 e. The number of benzene rings is 1. The van der Waals surface area contributed by atoms with Gasteiger partial charge in [-0.2, -0.15) is 5.10 Å². The number of aromatic nitrogens is 4. The molecule has 8 heteroatoms. The summed E-state index contributed by atoms with van der Waals surface area (Å²) in [6.45, 7) is -0.212. The Bertz CT molecular complexity index is 921. The zero-order valence-electron chi connectivity index (χ0n) is 10.8. The Morgan fingerprint density at radius 3 is 2.86 bits per heavy atom. The lowest BCUT2D eigenvalue weighted by Gasteiger charge is -2.04. The number of hydrogen-bond donors (Lipinski definition) is 3. The second-order valence-corrected chi connectivity index (χ2v) is 4.40. The highest BCUT2D eigenvalue weighted by Gasteiger charge is 2.10. The molecule has 0 atom stereocenters. The van der Waals surface area contributed by atoms with E-state index < -0.39 is 17.2 Å². The number of nitrogens with zero attached hydrogens (tertiary/aromatic N) is 2. The lowest BCUT2D eigenvalue weighted by Crippen LogP contribution is -2.32. The van der Waals surface area contributed by atoms with Crippen molar-refractivity contribution < 1.29 is 4.79 Å². The maximum atomic E-state index is 11.9. The van der Waals surface area contributed by atoms with Crippen LogP contribution in [0.4, 0.5) is 5.82 Å². The van der Waals surface area contributed by atoms with Gasteiger partial charge in [-0.25, -0.2) is 4.79 Å². The predicted octanol–water partition coefficient (Wildman–Crippen LogP) is 0.0516. The number of nitrogens with one attached hydrogen (secondary N) is 3. The van der Waals surface area contributed by atoms with Crippen LogP contribution in [0.25, 0.3) is 10.9 Å². The molecule has 0 spiro atoms. The van der Waals surface area contributed by atoms with Gasteiger partial charge in [0.2, 0.25) is 5.91 Å². The molecule has 8 nitrogen and oxygen atoms in total. The largest absolute Gasteiger partial charge is 0.328 e. The Morgan fingerprint density at radius 2 is 2.05 bits per heavy atom. The van der Waals surface area contributed by atoms with Crippen molar-refractivity contribution in [2.24, 2.45) is 0 Å². The zero-order chi connectivity index (χ0) is 14.8. The molecular weight excluding hydrogens is 274 g/mol. The van der Waals surface area contributed by atoms with E-state index in [-0.39, 0.29) is 6.54 Å². The Labute approximate surface area is 117 Å². The fourth-order valence-corrected chi connectivity index (χ4v) is 1.95. The van der Waals surface area contributed by atoms with Gasteiger partial charge < -0.3 is 5.32 Å². The van der Waals surface area contributed by atoms with Crippen molar-refractivity contribution in [2.75, 3.05) is 5.32 Å². The molecule has 2 aromatic heterocycles. The van der Waals surface area contributed by atoms with Gasteiger partial charge in [-0.3, -0.25) is 24.2 Å². The summed E-state index contributed by atoms with van der Waals surface area (Å²) in [6, 6.07) is 8.52. The summed E-state index contributed by atoms with van der Waals surface area (Å²) in [5.74, 6) is -0.0190. The van der Waals surface area contributed by atoms with Gasteiger partial charge in [0.25, 0.3) is 5.56 Å². The third-order valence-corrected chi connectivity index (χ3v) is 2.94. The van der Waals surface area contributed by atoms with Gasteiger partial charge >= 0.3 is 5.69 Å². The quantitative estimate of drug-likeness (QED) is 0.631. The van der Waals surface area contributed by atoms with Gasteiger partial charge in [0, 0.05) is 17.6 Å². The van der Waals surface area contributed by atoms with Crippen LogP contribution in [-0.2, 0) is 11.3 Å². The van der Waals surface area contributed by atoms with E-state index in [1.807, 2.05) is 24.3 Å². The second kappa shape index (κ2) is 5.08. The molecule has 21 heavy (non-hydrogen) atoms. The van der Waals surface area contributed by atoms with Gasteiger partial charge in [0.05, 0.1) is 5.52 Å². The van der Waals surface area contributed by atoms with Crippen LogP contribution in [0, 0.1) is 0 Å². The first-order chi connectivity index (χ1) is 10.1. The third kappa shape index (κ3) is 2.59. The minimum absolute atomic E-state index is 0.212. The lowest BCUT2D eigenvalue weighted by atomic mass is 10.2. The average molecular weight is 285 g/mol. The monoisotopic (exact) mass is 285 g/mol. The van der Waals surface area contributed by atoms with E-state index in [1.165, 1.54) is 12.3 Å². The third-order valence-electron chi connectivity index (χ3n) is 2.94. The zero-order valence-corrected chi connectivity index (χ0v) is 10.8. The summed E-state index contributed by atoms with van der Waals surface area (Å²) in [4.78, 5) is 36.5. The van der Waals surface area contributed by atoms with E-state index >= 15 is 0 Å². The first kappa shape index (κ1) is 12.9. The summed E-state index contributed by atoms with van der Waals surface area (Å²) >= 11 is 0. The fourth-order valence-electron chi connectivity index (χ4n) is 1.95. The Hall–Kier alpha value is -3.16. The van der Waals surface area contributed by atoms with Crippen molar-refractivity contribution >= 4 is 22.6 Å². The molecule has 0 aliphatic heterocycles. The van der Waals surface area contributed by atoms with Gasteiger partial charge in [0.15, 0.2) is 5.82 Å². The molecule has 3 aromatic rings. The van der Waals surface area contributed by atoms with Crippen LogP contribution in [0.1, 0.15) is 0 Å². The van der Waals surface area contributed by atoms with E-state index in [9.17, 15) is 14.4 Å². The molecule has 0 fully saturated rings. The van der Waals surface area contributed by atoms with Crippen LogP contribution < -0.4 is 16.6 Å². The maximum absolute atomic E-state index is 11.9. The van der Waals surface area contributed by atoms with Crippen molar-refractivity contribution in [2.45, 2.75) is 6.54 Å². The van der Waals surface area contributed by atoms with Crippen LogP contribution in [0.15, 0.2) is 46.1 Å². The van der Waals surface area contributed by atoms with Crippen molar-refractivity contribution in [1.29, 1.82) is 0 Å². The van der Waals surface area contributed by atoms with Crippen molar-refractivity contribution in [3.63, 3.8) is 0 Å². The normalized spacial score (nSPS) is 10.7. The van der Waals surface area contributed by atoms with Crippen LogP contribution in [0.5, 0.6) is 0 Å². The number of H-pyrrole nitrogens is 2. The number of hydrogen-bond acceptors (Lipinski definition) is 4.